The van der Waals surface area contributed by atoms with Crippen molar-refractivity contribution in [3.63, 3.8) is 0 Å². The van der Waals surface area contributed by atoms with E-state index in [-0.39, 0.29) is 25.7 Å². The molecule has 0 radical (unpaired) electrons. The molecule has 0 aliphatic carbocycles. The normalized spacial score (nSPS) is 15.9. The zero-order valence-electron chi connectivity index (χ0n) is 12.1. The van der Waals surface area contributed by atoms with Crippen LogP contribution < -0.4 is 0 Å². The summed E-state index contributed by atoms with van der Waals surface area (Å²) in [5, 5.41) is 23.9. The molecule has 0 aromatic carbocycles. The number of nitrogens with zero attached hydrogens (tertiary/aromatic N) is 4. The fourth-order valence-corrected chi connectivity index (χ4v) is 1.24. The van der Waals surface area contributed by atoms with E-state index < -0.39 is 23.3 Å². The van der Waals surface area contributed by atoms with Gasteiger partial charge in [0.2, 0.25) is 0 Å². The zero-order valence-corrected chi connectivity index (χ0v) is 12.1. The maximum atomic E-state index is 10.9. The summed E-state index contributed by atoms with van der Waals surface area (Å²) in [7, 11) is 0. The highest BCUT2D eigenvalue weighted by Gasteiger charge is 2.36. The van der Waals surface area contributed by atoms with Crippen LogP contribution in [-0.4, -0.2) is 33.8 Å². The second-order valence-electron chi connectivity index (χ2n) is 4.78. The summed E-state index contributed by atoms with van der Waals surface area (Å²) >= 11 is 0. The maximum Gasteiger partial charge on any atom is 0.342 e. The van der Waals surface area contributed by atoms with Crippen molar-refractivity contribution in [1.29, 1.82) is 0 Å². The molecule has 0 aliphatic rings. The molecule has 22 heavy (non-hydrogen) atoms. The summed E-state index contributed by atoms with van der Waals surface area (Å²) < 4.78 is 0. The predicted octanol–water partition coefficient (Wildman–Crippen LogP) is 2.30. The van der Waals surface area contributed by atoms with Crippen LogP contribution in [0.15, 0.2) is 10.2 Å². The lowest BCUT2D eigenvalue weighted by Crippen LogP contribution is -2.23. The van der Waals surface area contributed by atoms with Crippen LogP contribution in [0.3, 0.4) is 0 Å². The molecule has 0 aliphatic heterocycles. The van der Waals surface area contributed by atoms with Gasteiger partial charge >= 0.3 is 23.3 Å². The molecule has 2 N–H and O–H groups in total. The summed E-state index contributed by atoms with van der Waals surface area (Å²) in [6.45, 7) is 17.0. The van der Waals surface area contributed by atoms with Crippen molar-refractivity contribution in [2.24, 2.45) is 10.2 Å². The third kappa shape index (κ3) is 6.74. The molecule has 0 aromatic heterocycles. The summed E-state index contributed by atoms with van der Waals surface area (Å²) in [4.78, 5) is 35.2. The topological polar surface area (TPSA) is 127 Å². The quantitative estimate of drug-likeness (QED) is 0.306. The van der Waals surface area contributed by atoms with E-state index in [2.05, 4.69) is 29.7 Å². The highest BCUT2D eigenvalue weighted by Crippen LogP contribution is 2.26. The number of hydrogen-bond donors (Lipinski definition) is 2. The molecule has 0 heterocycles. The van der Waals surface area contributed by atoms with Gasteiger partial charge in [-0.15, -0.1) is 0 Å². The Morgan fingerprint density at radius 1 is 0.955 bits per heavy atom. The Labute approximate surface area is 126 Å². The first-order valence-corrected chi connectivity index (χ1v) is 6.14. The van der Waals surface area contributed by atoms with Crippen molar-refractivity contribution in [3.8, 4) is 0 Å². The van der Waals surface area contributed by atoms with E-state index in [0.29, 0.717) is 0 Å². The minimum Gasteiger partial charge on any atom is -0.301 e. The predicted molar refractivity (Wildman–Crippen MR) is 70.8 cm³/mol. The lowest BCUT2D eigenvalue weighted by molar-refractivity contribution is -0.234. The SMILES string of the molecule is [C-]#[N+]C(C)(CCC(=O)OO)N=NC(C)(CCC(=O)OO)[N+]#[C-]. The Morgan fingerprint density at radius 3 is 1.50 bits per heavy atom. The Hall–Kier alpha value is -2.56. The average Bonchev–Trinajstić information content (AvgIpc) is 2.55. The number of azo groups is 1. The van der Waals surface area contributed by atoms with Gasteiger partial charge in [0, 0.05) is 13.8 Å². The van der Waals surface area contributed by atoms with Gasteiger partial charge in [0.25, 0.3) is 0 Å². The summed E-state index contributed by atoms with van der Waals surface area (Å²) in [5.74, 6) is -1.83. The van der Waals surface area contributed by atoms with Crippen LogP contribution in [-0.2, 0) is 19.4 Å². The Kier molecular flexibility index (Phi) is 7.66. The lowest BCUT2D eigenvalue weighted by atomic mass is 10.1. The first kappa shape index (κ1) is 19.4. The molecule has 2 unspecified atom stereocenters. The van der Waals surface area contributed by atoms with Gasteiger partial charge in [-0.25, -0.2) is 22.7 Å². The second kappa shape index (κ2) is 8.67. The first-order chi connectivity index (χ1) is 10.2. The standard InChI is InChI=1S/C12H16N4O6/c1-11(13-3,7-5-9(17)21-19)15-16-12(2,14-4)8-6-10(18)22-20/h19-20H,5-8H2,1-2H3. The van der Waals surface area contributed by atoms with E-state index in [9.17, 15) is 9.59 Å². The third-order valence-corrected chi connectivity index (χ3v) is 2.77. The van der Waals surface area contributed by atoms with Gasteiger partial charge in [0.1, 0.15) is 0 Å². The van der Waals surface area contributed by atoms with E-state index in [1.165, 1.54) is 13.8 Å². The van der Waals surface area contributed by atoms with E-state index in [1.54, 1.807) is 0 Å². The summed E-state index contributed by atoms with van der Waals surface area (Å²) in [5.41, 5.74) is -2.81. The number of hydrogen-bond acceptors (Lipinski definition) is 8. The summed E-state index contributed by atoms with van der Waals surface area (Å²) in [6.07, 6.45) is -0.627. The largest absolute Gasteiger partial charge is 0.342 e. The molecule has 0 aromatic rings. The van der Waals surface area contributed by atoms with E-state index >= 15 is 0 Å². The van der Waals surface area contributed by atoms with Crippen molar-refractivity contribution in [1.82, 2.24) is 0 Å². The molecule has 0 fully saturated rings. The van der Waals surface area contributed by atoms with Gasteiger partial charge in [-0.2, -0.15) is 10.5 Å². The van der Waals surface area contributed by atoms with Gasteiger partial charge in [-0.1, -0.05) is 10.2 Å². The molecule has 0 saturated heterocycles. The third-order valence-electron chi connectivity index (χ3n) is 2.77. The molecular formula is C12H16N4O6. The van der Waals surface area contributed by atoms with Crippen molar-refractivity contribution >= 4 is 11.9 Å². The van der Waals surface area contributed by atoms with Gasteiger partial charge in [-0.3, -0.25) is 9.69 Å². The van der Waals surface area contributed by atoms with Crippen LogP contribution in [0.4, 0.5) is 0 Å². The van der Waals surface area contributed by atoms with Crippen molar-refractivity contribution < 1.29 is 29.9 Å². The molecule has 0 spiro atoms. The molecule has 0 saturated carbocycles. The molecule has 10 heteroatoms. The van der Waals surface area contributed by atoms with Crippen LogP contribution in [0, 0.1) is 13.1 Å². The molecule has 2 atom stereocenters. The summed E-state index contributed by atoms with van der Waals surface area (Å²) in [6, 6.07) is 0. The fourth-order valence-electron chi connectivity index (χ4n) is 1.24. The van der Waals surface area contributed by atoms with Gasteiger partial charge in [0.15, 0.2) is 0 Å². The van der Waals surface area contributed by atoms with Gasteiger partial charge in [-0.05, 0) is 0 Å². The molecular weight excluding hydrogens is 296 g/mol. The Bertz CT molecular complexity index is 477. The molecule has 0 bridgehead atoms. The molecule has 10 nitrogen and oxygen atoms in total. The molecule has 0 amide bonds. The van der Waals surface area contributed by atoms with Crippen LogP contribution >= 0.6 is 0 Å². The monoisotopic (exact) mass is 312 g/mol. The first-order valence-electron chi connectivity index (χ1n) is 6.14. The molecule has 0 rings (SSSR count). The van der Waals surface area contributed by atoms with E-state index in [0.717, 1.165) is 0 Å². The van der Waals surface area contributed by atoms with E-state index in [4.69, 9.17) is 23.7 Å². The zero-order chi connectivity index (χ0) is 17.2. The Balaban J connectivity index is 4.91. The van der Waals surface area contributed by atoms with Crippen molar-refractivity contribution in [2.75, 3.05) is 0 Å². The maximum absolute atomic E-state index is 10.9. The smallest absolute Gasteiger partial charge is 0.301 e. The lowest BCUT2D eigenvalue weighted by Gasteiger charge is -2.13. The number of rotatable bonds is 8. The second-order valence-corrected chi connectivity index (χ2v) is 4.78. The Morgan fingerprint density at radius 2 is 1.27 bits per heavy atom. The van der Waals surface area contributed by atoms with Crippen molar-refractivity contribution in [3.05, 3.63) is 22.8 Å². The van der Waals surface area contributed by atoms with Crippen LogP contribution in [0.5, 0.6) is 0 Å². The van der Waals surface area contributed by atoms with Crippen molar-refractivity contribution in [2.45, 2.75) is 50.9 Å². The fraction of sp³-hybridized carbons (Fsp3) is 0.667. The van der Waals surface area contributed by atoms with Crippen LogP contribution in [0.1, 0.15) is 39.5 Å². The number of carbonyl (C=O) groups is 2. The number of carbonyl (C=O) groups excluding carboxylic acids is 2. The minimum atomic E-state index is -1.41. The minimum absolute atomic E-state index is 0.0633. The highest BCUT2D eigenvalue weighted by molar-refractivity contribution is 5.69. The van der Waals surface area contributed by atoms with Gasteiger partial charge < -0.3 is 9.78 Å². The van der Waals surface area contributed by atoms with E-state index in [1.807, 2.05) is 0 Å². The van der Waals surface area contributed by atoms with Crippen LogP contribution in [0.25, 0.3) is 9.69 Å². The molecule has 120 valence electrons. The highest BCUT2D eigenvalue weighted by atomic mass is 17.1. The van der Waals surface area contributed by atoms with Crippen LogP contribution in [0.2, 0.25) is 0 Å². The van der Waals surface area contributed by atoms with Gasteiger partial charge in [0.05, 0.1) is 25.7 Å². The average molecular weight is 312 g/mol.